The molecule has 0 aromatic carbocycles. The molecule has 3 aromatic rings. The molecule has 0 spiro atoms. The zero-order valence-corrected chi connectivity index (χ0v) is 16.4. The van der Waals surface area contributed by atoms with Gasteiger partial charge in [0.05, 0.1) is 22.3 Å². The Morgan fingerprint density at radius 3 is 2.57 bits per heavy atom. The van der Waals surface area contributed by atoms with Crippen molar-refractivity contribution in [2.24, 2.45) is 11.6 Å². The van der Waals surface area contributed by atoms with Gasteiger partial charge < -0.3 is 10.8 Å². The Bertz CT molecular complexity index is 1010. The van der Waals surface area contributed by atoms with E-state index in [-0.39, 0.29) is 16.9 Å². The van der Waals surface area contributed by atoms with Crippen LogP contribution in [0.4, 0.5) is 14.5 Å². The summed E-state index contributed by atoms with van der Waals surface area (Å²) < 4.78 is 27.8. The summed E-state index contributed by atoms with van der Waals surface area (Å²) in [5.74, 6) is 4.58. The molecule has 0 unspecified atom stereocenters. The maximum atomic E-state index is 13.2. The topological polar surface area (TPSA) is 110 Å². The SMILES string of the molecule is CC.Cc1ccc(-c2cnc3c(N(N)/C(=C\N)C(F)F)cc(C(=O)O)cn23)s1. The first-order chi connectivity index (χ1) is 13.3. The molecule has 3 aromatic heterocycles. The van der Waals surface area contributed by atoms with Gasteiger partial charge >= 0.3 is 5.97 Å². The summed E-state index contributed by atoms with van der Waals surface area (Å²) in [4.78, 5) is 17.7. The Labute approximate surface area is 164 Å². The Balaban J connectivity index is 0.00000136. The molecule has 0 fully saturated rings. The van der Waals surface area contributed by atoms with Crippen molar-refractivity contribution < 1.29 is 18.7 Å². The number of carboxylic acids is 1. The van der Waals surface area contributed by atoms with Crippen LogP contribution in [0.3, 0.4) is 0 Å². The van der Waals surface area contributed by atoms with Gasteiger partial charge in [-0.3, -0.25) is 9.41 Å². The minimum absolute atomic E-state index is 0.00132. The van der Waals surface area contributed by atoms with E-state index in [9.17, 15) is 18.7 Å². The van der Waals surface area contributed by atoms with Crippen LogP contribution in [-0.2, 0) is 0 Å². The first kappa shape index (κ1) is 21.3. The zero-order valence-electron chi connectivity index (χ0n) is 15.6. The lowest BCUT2D eigenvalue weighted by molar-refractivity contribution is 0.0696. The fourth-order valence-corrected chi connectivity index (χ4v) is 3.39. The molecule has 28 heavy (non-hydrogen) atoms. The molecule has 150 valence electrons. The molecule has 0 bridgehead atoms. The molecule has 0 aliphatic carbocycles. The molecule has 3 heterocycles. The molecule has 0 saturated heterocycles. The van der Waals surface area contributed by atoms with Gasteiger partial charge in [-0.2, -0.15) is 0 Å². The summed E-state index contributed by atoms with van der Waals surface area (Å²) in [7, 11) is 0. The number of aromatic carboxylic acids is 1. The predicted octanol–water partition coefficient (Wildman–Crippen LogP) is 3.84. The number of pyridine rings is 1. The smallest absolute Gasteiger partial charge is 0.337 e. The summed E-state index contributed by atoms with van der Waals surface area (Å²) in [6.45, 7) is 5.94. The number of thiophene rings is 1. The number of carbonyl (C=O) groups is 1. The number of fused-ring (bicyclic) bond motifs is 1. The molecule has 0 amide bonds. The molecular formula is C18H21F2N5O2S. The summed E-state index contributed by atoms with van der Waals surface area (Å²) in [6.07, 6.45) is 0.660. The molecule has 0 atom stereocenters. The lowest BCUT2D eigenvalue weighted by Crippen LogP contribution is -2.34. The van der Waals surface area contributed by atoms with Gasteiger partial charge in [0.15, 0.2) is 5.65 Å². The van der Waals surface area contributed by atoms with Crippen LogP contribution in [0.25, 0.3) is 16.2 Å². The van der Waals surface area contributed by atoms with Crippen LogP contribution >= 0.6 is 11.3 Å². The van der Waals surface area contributed by atoms with Crippen molar-refractivity contribution in [2.75, 3.05) is 5.01 Å². The van der Waals surface area contributed by atoms with Crippen molar-refractivity contribution >= 4 is 28.6 Å². The standard InChI is InChI=1S/C16H15F2N5O2S.C2H6/c1-8-2-3-13(26-8)12-6-21-15-10(23(20)11(5-19)14(17)18)4-9(16(24)25)7-22(12)15;1-2/h2-7,14H,19-20H2,1H3,(H,24,25);1-2H3/b11-5-;. The van der Waals surface area contributed by atoms with Gasteiger partial charge in [0, 0.05) is 17.3 Å². The first-order valence-corrected chi connectivity index (χ1v) is 9.21. The number of rotatable bonds is 5. The Kier molecular flexibility index (Phi) is 6.71. The van der Waals surface area contributed by atoms with Crippen molar-refractivity contribution in [1.82, 2.24) is 9.38 Å². The number of hydrogen-bond donors (Lipinski definition) is 3. The molecule has 7 nitrogen and oxygen atoms in total. The highest BCUT2D eigenvalue weighted by atomic mass is 32.1. The fourth-order valence-electron chi connectivity index (χ4n) is 2.52. The summed E-state index contributed by atoms with van der Waals surface area (Å²) in [5.41, 5.74) is 5.33. The molecule has 0 saturated carbocycles. The van der Waals surface area contributed by atoms with Crippen LogP contribution in [0.2, 0.25) is 0 Å². The van der Waals surface area contributed by atoms with Gasteiger partial charge in [-0.15, -0.1) is 11.3 Å². The number of allylic oxidation sites excluding steroid dienone is 1. The highest BCUT2D eigenvalue weighted by Crippen LogP contribution is 2.32. The Morgan fingerprint density at radius 2 is 2.07 bits per heavy atom. The number of anilines is 1. The molecule has 0 radical (unpaired) electrons. The largest absolute Gasteiger partial charge is 0.478 e. The lowest BCUT2D eigenvalue weighted by atomic mass is 10.2. The number of nitrogens with two attached hydrogens (primary N) is 2. The van der Waals surface area contributed by atoms with Crippen LogP contribution in [0.15, 0.2) is 42.5 Å². The van der Waals surface area contributed by atoms with Crippen molar-refractivity contribution in [3.8, 4) is 10.6 Å². The van der Waals surface area contributed by atoms with E-state index in [1.807, 2.05) is 32.9 Å². The Hall–Kier alpha value is -2.98. The van der Waals surface area contributed by atoms with Crippen LogP contribution in [-0.4, -0.2) is 26.9 Å². The van der Waals surface area contributed by atoms with Crippen LogP contribution in [0.1, 0.15) is 29.1 Å². The number of nitrogens with zero attached hydrogens (tertiary/aromatic N) is 3. The third kappa shape index (κ3) is 3.97. The number of hydrazine groups is 1. The first-order valence-electron chi connectivity index (χ1n) is 8.39. The minimum Gasteiger partial charge on any atom is -0.478 e. The monoisotopic (exact) mass is 409 g/mol. The van der Waals surface area contributed by atoms with Gasteiger partial charge in [0.1, 0.15) is 11.4 Å². The highest BCUT2D eigenvalue weighted by Gasteiger charge is 2.23. The molecule has 0 aliphatic heterocycles. The quantitative estimate of drug-likeness (QED) is 0.436. The van der Waals surface area contributed by atoms with E-state index < -0.39 is 18.1 Å². The third-order valence-corrected chi connectivity index (χ3v) is 4.78. The summed E-state index contributed by atoms with van der Waals surface area (Å²) >= 11 is 1.50. The van der Waals surface area contributed by atoms with E-state index in [0.29, 0.717) is 16.9 Å². The number of carboxylic acid groups (broad SMARTS) is 1. The second kappa shape index (κ2) is 8.81. The zero-order chi connectivity index (χ0) is 21.0. The maximum Gasteiger partial charge on any atom is 0.337 e. The van der Waals surface area contributed by atoms with E-state index in [0.717, 1.165) is 9.75 Å². The average Bonchev–Trinajstić information content (AvgIpc) is 3.28. The lowest BCUT2D eigenvalue weighted by Gasteiger charge is -2.22. The molecule has 10 heteroatoms. The molecule has 0 aliphatic rings. The number of aromatic nitrogens is 2. The third-order valence-electron chi connectivity index (χ3n) is 3.76. The minimum atomic E-state index is -2.94. The average molecular weight is 409 g/mol. The fraction of sp³-hybridized carbons (Fsp3) is 0.222. The highest BCUT2D eigenvalue weighted by molar-refractivity contribution is 7.15. The second-order valence-corrected chi connectivity index (χ2v) is 6.72. The number of imidazole rings is 1. The van der Waals surface area contributed by atoms with Crippen molar-refractivity contribution in [2.45, 2.75) is 27.2 Å². The Morgan fingerprint density at radius 1 is 1.39 bits per heavy atom. The number of alkyl halides is 2. The van der Waals surface area contributed by atoms with E-state index in [1.54, 1.807) is 0 Å². The van der Waals surface area contributed by atoms with E-state index in [2.05, 4.69) is 4.98 Å². The summed E-state index contributed by atoms with van der Waals surface area (Å²) in [6, 6.07) is 4.98. The number of hydrogen-bond acceptors (Lipinski definition) is 6. The van der Waals surface area contributed by atoms with Crippen LogP contribution in [0.5, 0.6) is 0 Å². The molecule has 3 rings (SSSR count). The van der Waals surface area contributed by atoms with E-state index >= 15 is 0 Å². The normalized spacial score (nSPS) is 11.5. The van der Waals surface area contributed by atoms with Crippen molar-refractivity contribution in [3.05, 3.63) is 52.9 Å². The van der Waals surface area contributed by atoms with Crippen LogP contribution < -0.4 is 16.6 Å². The van der Waals surface area contributed by atoms with E-state index in [1.165, 1.54) is 34.2 Å². The van der Waals surface area contributed by atoms with Gasteiger partial charge in [0.25, 0.3) is 6.43 Å². The van der Waals surface area contributed by atoms with E-state index in [4.69, 9.17) is 11.6 Å². The van der Waals surface area contributed by atoms with Crippen molar-refractivity contribution in [1.29, 1.82) is 0 Å². The van der Waals surface area contributed by atoms with Crippen LogP contribution in [0, 0.1) is 6.92 Å². The predicted molar refractivity (Wildman–Crippen MR) is 106 cm³/mol. The second-order valence-electron chi connectivity index (χ2n) is 5.43. The maximum absolute atomic E-state index is 13.2. The van der Waals surface area contributed by atoms with Gasteiger partial charge in [0.2, 0.25) is 0 Å². The molecular weight excluding hydrogens is 388 g/mol. The summed E-state index contributed by atoms with van der Waals surface area (Å²) in [5, 5.41) is 10.0. The number of aryl methyl sites for hydroxylation is 1. The van der Waals surface area contributed by atoms with Crippen molar-refractivity contribution in [3.63, 3.8) is 0 Å². The number of halogens is 2. The van der Waals surface area contributed by atoms with Gasteiger partial charge in [-0.1, -0.05) is 13.8 Å². The molecule has 5 N–H and O–H groups in total. The van der Waals surface area contributed by atoms with Gasteiger partial charge in [-0.25, -0.2) is 24.4 Å². The van der Waals surface area contributed by atoms with Gasteiger partial charge in [-0.05, 0) is 25.1 Å².